The molecule has 0 unspecified atom stereocenters. The molecule has 164 valence electrons. The van der Waals surface area contributed by atoms with Crippen LogP contribution in [0, 0.1) is 0 Å². The molecule has 4 rings (SSSR count). The van der Waals surface area contributed by atoms with Crippen LogP contribution in [0.4, 0.5) is 0 Å². The standard InChI is InChI=1S/C23H24N6O2S/c1-28(16-19-9-5-6-14-25-19)17-22-26-23(15-18-7-3-2-4-8-18)29(27-22)20-10-12-21(13-11-20)32(24,30)31/h2-14H,15-17H2,1H3,(H2,24,30,31). The number of nitrogens with two attached hydrogens (primary N) is 1. The van der Waals surface area contributed by atoms with Crippen LogP contribution in [-0.4, -0.2) is 40.1 Å². The van der Waals surface area contributed by atoms with Gasteiger partial charge in [0.15, 0.2) is 5.82 Å². The van der Waals surface area contributed by atoms with Crippen molar-refractivity contribution in [2.45, 2.75) is 24.4 Å². The van der Waals surface area contributed by atoms with Gasteiger partial charge in [-0.1, -0.05) is 36.4 Å². The zero-order valence-corrected chi connectivity index (χ0v) is 18.5. The van der Waals surface area contributed by atoms with E-state index in [1.807, 2.05) is 55.6 Å². The van der Waals surface area contributed by atoms with Crippen molar-refractivity contribution in [1.29, 1.82) is 0 Å². The summed E-state index contributed by atoms with van der Waals surface area (Å²) in [5, 5.41) is 9.94. The van der Waals surface area contributed by atoms with Crippen molar-refractivity contribution in [2.24, 2.45) is 5.14 Å². The molecule has 0 aliphatic heterocycles. The fourth-order valence-corrected chi connectivity index (χ4v) is 3.92. The molecule has 2 aromatic heterocycles. The maximum atomic E-state index is 11.6. The van der Waals surface area contributed by atoms with Crippen LogP contribution in [0.3, 0.4) is 0 Å². The zero-order valence-electron chi connectivity index (χ0n) is 17.7. The van der Waals surface area contributed by atoms with Gasteiger partial charge in [0.1, 0.15) is 5.82 Å². The van der Waals surface area contributed by atoms with Crippen LogP contribution in [0.5, 0.6) is 0 Å². The fourth-order valence-electron chi connectivity index (χ4n) is 3.40. The van der Waals surface area contributed by atoms with E-state index in [-0.39, 0.29) is 4.90 Å². The predicted octanol–water partition coefficient (Wildman–Crippen LogP) is 2.53. The maximum Gasteiger partial charge on any atom is 0.238 e. The lowest BCUT2D eigenvalue weighted by molar-refractivity contribution is 0.307. The topological polar surface area (TPSA) is 107 Å². The molecule has 0 saturated heterocycles. The first-order valence-electron chi connectivity index (χ1n) is 10.1. The molecule has 0 spiro atoms. The van der Waals surface area contributed by atoms with Crippen LogP contribution in [0.25, 0.3) is 5.69 Å². The predicted molar refractivity (Wildman–Crippen MR) is 121 cm³/mol. The summed E-state index contributed by atoms with van der Waals surface area (Å²) in [6, 6.07) is 22.2. The smallest absolute Gasteiger partial charge is 0.238 e. The molecule has 0 saturated carbocycles. The van der Waals surface area contributed by atoms with E-state index in [4.69, 9.17) is 15.2 Å². The lowest BCUT2D eigenvalue weighted by Gasteiger charge is -2.13. The van der Waals surface area contributed by atoms with Crippen molar-refractivity contribution in [1.82, 2.24) is 24.6 Å². The van der Waals surface area contributed by atoms with Crippen molar-refractivity contribution in [3.8, 4) is 5.69 Å². The lowest BCUT2D eigenvalue weighted by atomic mass is 10.1. The Labute approximate surface area is 187 Å². The van der Waals surface area contributed by atoms with Crippen LogP contribution < -0.4 is 5.14 Å². The number of aromatic nitrogens is 4. The molecule has 0 fully saturated rings. The summed E-state index contributed by atoms with van der Waals surface area (Å²) >= 11 is 0. The van der Waals surface area contributed by atoms with Gasteiger partial charge in [0, 0.05) is 19.2 Å². The first-order valence-corrected chi connectivity index (χ1v) is 11.6. The van der Waals surface area contributed by atoms with Gasteiger partial charge in [-0.15, -0.1) is 5.10 Å². The normalized spacial score (nSPS) is 11.7. The number of pyridine rings is 1. The Morgan fingerprint density at radius 1 is 0.938 bits per heavy atom. The van der Waals surface area contributed by atoms with Gasteiger partial charge in [0.2, 0.25) is 10.0 Å². The van der Waals surface area contributed by atoms with E-state index in [1.54, 1.807) is 23.0 Å². The number of hydrogen-bond donors (Lipinski definition) is 1. The highest BCUT2D eigenvalue weighted by Gasteiger charge is 2.15. The Kier molecular flexibility index (Phi) is 6.40. The third-order valence-corrected chi connectivity index (χ3v) is 5.83. The quantitative estimate of drug-likeness (QED) is 0.444. The van der Waals surface area contributed by atoms with Gasteiger partial charge in [-0.2, -0.15) is 0 Å². The van der Waals surface area contributed by atoms with E-state index in [0.717, 1.165) is 22.8 Å². The monoisotopic (exact) mass is 448 g/mol. The molecule has 0 radical (unpaired) electrons. The van der Waals surface area contributed by atoms with Gasteiger partial charge < -0.3 is 0 Å². The summed E-state index contributed by atoms with van der Waals surface area (Å²) in [7, 11) is -1.77. The van der Waals surface area contributed by atoms with Crippen molar-refractivity contribution in [2.75, 3.05) is 7.05 Å². The van der Waals surface area contributed by atoms with Crippen molar-refractivity contribution in [3.63, 3.8) is 0 Å². The number of benzene rings is 2. The summed E-state index contributed by atoms with van der Waals surface area (Å²) < 4.78 is 24.9. The minimum absolute atomic E-state index is 0.0568. The van der Waals surface area contributed by atoms with Gasteiger partial charge in [0.05, 0.1) is 22.8 Å². The molecule has 4 aromatic rings. The molecular formula is C23H24N6O2S. The number of primary sulfonamides is 1. The molecule has 32 heavy (non-hydrogen) atoms. The van der Waals surface area contributed by atoms with Crippen LogP contribution in [0.1, 0.15) is 22.9 Å². The van der Waals surface area contributed by atoms with Gasteiger partial charge in [-0.25, -0.2) is 23.2 Å². The zero-order chi connectivity index (χ0) is 22.6. The highest BCUT2D eigenvalue weighted by molar-refractivity contribution is 7.89. The first-order chi connectivity index (χ1) is 15.4. The molecule has 0 amide bonds. The third-order valence-electron chi connectivity index (χ3n) is 4.90. The van der Waals surface area contributed by atoms with Gasteiger partial charge in [0.25, 0.3) is 0 Å². The van der Waals surface area contributed by atoms with Gasteiger partial charge in [-0.05, 0) is 49.0 Å². The van der Waals surface area contributed by atoms with E-state index >= 15 is 0 Å². The lowest BCUT2D eigenvalue weighted by Crippen LogP contribution is -2.18. The van der Waals surface area contributed by atoms with E-state index in [9.17, 15) is 8.42 Å². The SMILES string of the molecule is CN(Cc1ccccn1)Cc1nc(Cc2ccccc2)n(-c2ccc(S(N)(=O)=O)cc2)n1. The Hall–Kier alpha value is -3.40. The second kappa shape index (κ2) is 9.39. The Morgan fingerprint density at radius 3 is 2.31 bits per heavy atom. The Morgan fingerprint density at radius 2 is 1.66 bits per heavy atom. The van der Waals surface area contributed by atoms with Crippen molar-refractivity contribution >= 4 is 10.0 Å². The molecule has 8 nitrogen and oxygen atoms in total. The molecule has 0 atom stereocenters. The van der Waals surface area contributed by atoms with Gasteiger partial charge in [-0.3, -0.25) is 9.88 Å². The molecule has 0 aliphatic rings. The fraction of sp³-hybridized carbons (Fsp3) is 0.174. The molecule has 2 aromatic carbocycles. The van der Waals surface area contributed by atoms with E-state index in [2.05, 4.69) is 9.88 Å². The Bertz CT molecular complexity index is 1270. The second-order valence-electron chi connectivity index (χ2n) is 7.55. The number of sulfonamides is 1. The van der Waals surface area contributed by atoms with Crippen LogP contribution in [0.15, 0.2) is 83.9 Å². The molecule has 0 aliphatic carbocycles. The molecule has 0 bridgehead atoms. The van der Waals surface area contributed by atoms with Crippen LogP contribution in [0.2, 0.25) is 0 Å². The number of hydrogen-bond acceptors (Lipinski definition) is 6. The number of rotatable bonds is 8. The minimum atomic E-state index is -3.76. The molecule has 2 N–H and O–H groups in total. The average Bonchev–Trinajstić information content (AvgIpc) is 3.16. The molecule has 9 heteroatoms. The van der Waals surface area contributed by atoms with E-state index < -0.39 is 10.0 Å². The molecule has 2 heterocycles. The second-order valence-corrected chi connectivity index (χ2v) is 9.11. The minimum Gasteiger partial charge on any atom is -0.293 e. The summed E-state index contributed by atoms with van der Waals surface area (Å²) in [5.41, 5.74) is 2.79. The number of nitrogens with zero attached hydrogens (tertiary/aromatic N) is 5. The first kappa shape index (κ1) is 21.8. The largest absolute Gasteiger partial charge is 0.293 e. The Balaban J connectivity index is 1.62. The van der Waals surface area contributed by atoms with E-state index in [0.29, 0.717) is 25.3 Å². The van der Waals surface area contributed by atoms with Crippen LogP contribution in [-0.2, 0) is 29.5 Å². The van der Waals surface area contributed by atoms with Crippen molar-refractivity contribution in [3.05, 3.63) is 102 Å². The summed E-state index contributed by atoms with van der Waals surface area (Å²) in [4.78, 5) is 11.3. The summed E-state index contributed by atoms with van der Waals surface area (Å²) in [6.45, 7) is 1.22. The third kappa shape index (κ3) is 5.44. The molecular weight excluding hydrogens is 424 g/mol. The maximum absolute atomic E-state index is 11.6. The van der Waals surface area contributed by atoms with Crippen LogP contribution >= 0.6 is 0 Å². The highest BCUT2D eigenvalue weighted by atomic mass is 32.2. The summed E-state index contributed by atoms with van der Waals surface area (Å²) in [6.07, 6.45) is 2.37. The van der Waals surface area contributed by atoms with Gasteiger partial charge >= 0.3 is 0 Å². The van der Waals surface area contributed by atoms with Crippen molar-refractivity contribution < 1.29 is 8.42 Å². The highest BCUT2D eigenvalue weighted by Crippen LogP contribution is 2.17. The average molecular weight is 449 g/mol. The van der Waals surface area contributed by atoms with E-state index in [1.165, 1.54) is 12.1 Å². The summed E-state index contributed by atoms with van der Waals surface area (Å²) in [5.74, 6) is 1.44.